The second-order valence-electron chi connectivity index (χ2n) is 8.15. The second-order valence-corrected chi connectivity index (χ2v) is 9.83. The van der Waals surface area contributed by atoms with Crippen molar-refractivity contribution in [1.82, 2.24) is 10.7 Å². The molecule has 3 rings (SSSR count). The van der Waals surface area contributed by atoms with Gasteiger partial charge in [-0.05, 0) is 66.1 Å². The lowest BCUT2D eigenvalue weighted by atomic mass is 10.0. The minimum absolute atomic E-state index is 0.194. The molecule has 2 amide bonds. The number of rotatable bonds is 9. The van der Waals surface area contributed by atoms with Crippen molar-refractivity contribution in [3.05, 3.63) is 97.4 Å². The van der Waals surface area contributed by atoms with Crippen LogP contribution < -0.4 is 15.5 Å². The van der Waals surface area contributed by atoms with E-state index in [1.807, 2.05) is 19.9 Å². The highest BCUT2D eigenvalue weighted by Gasteiger charge is 2.25. The van der Waals surface area contributed by atoms with Crippen LogP contribution in [0.25, 0.3) is 0 Å². The monoisotopic (exact) mass is 565 g/mol. The molecule has 6 nitrogen and oxygen atoms in total. The lowest BCUT2D eigenvalue weighted by molar-refractivity contribution is -0.123. The van der Waals surface area contributed by atoms with Crippen molar-refractivity contribution in [2.24, 2.45) is 11.0 Å². The quantitative estimate of drug-likeness (QED) is 0.221. The van der Waals surface area contributed by atoms with Gasteiger partial charge in [-0.15, -0.1) is 0 Å². The van der Waals surface area contributed by atoms with Gasteiger partial charge in [-0.1, -0.05) is 66.3 Å². The lowest BCUT2D eigenvalue weighted by Crippen LogP contribution is -2.48. The average Bonchev–Trinajstić information content (AvgIpc) is 2.82. The summed E-state index contributed by atoms with van der Waals surface area (Å²) in [7, 11) is 0. The fraction of sp³-hybridized carbons (Fsp3) is 0.192. The first-order valence-corrected chi connectivity index (χ1v) is 12.4. The number of carbonyl (C=O) groups is 2. The van der Waals surface area contributed by atoms with Crippen molar-refractivity contribution in [2.75, 3.05) is 0 Å². The van der Waals surface area contributed by atoms with Crippen LogP contribution in [0.4, 0.5) is 0 Å². The van der Waals surface area contributed by atoms with Crippen LogP contribution in [0.1, 0.15) is 35.3 Å². The molecule has 0 spiro atoms. The number of benzene rings is 3. The van der Waals surface area contributed by atoms with Crippen LogP contribution in [0.2, 0.25) is 20.1 Å². The third-order valence-electron chi connectivity index (χ3n) is 5.09. The molecule has 0 aliphatic carbocycles. The smallest absolute Gasteiger partial charge is 0.262 e. The van der Waals surface area contributed by atoms with Gasteiger partial charge in [-0.25, -0.2) is 5.43 Å². The summed E-state index contributed by atoms with van der Waals surface area (Å²) in [6.45, 7) is 3.92. The van der Waals surface area contributed by atoms with Crippen LogP contribution in [0.3, 0.4) is 0 Å². The number of nitrogens with zero attached hydrogens (tertiary/aromatic N) is 1. The second kappa shape index (κ2) is 13.0. The highest BCUT2D eigenvalue weighted by Crippen LogP contribution is 2.23. The maximum absolute atomic E-state index is 12.7. The zero-order chi connectivity index (χ0) is 26.2. The first kappa shape index (κ1) is 27.8. The van der Waals surface area contributed by atoms with Crippen molar-refractivity contribution in [2.45, 2.75) is 26.5 Å². The number of nitrogens with one attached hydrogen (secondary N) is 2. The highest BCUT2D eigenvalue weighted by molar-refractivity contribution is 6.37. The highest BCUT2D eigenvalue weighted by atomic mass is 35.5. The van der Waals surface area contributed by atoms with Crippen LogP contribution in [-0.4, -0.2) is 24.1 Å². The van der Waals surface area contributed by atoms with Gasteiger partial charge >= 0.3 is 0 Å². The molecule has 10 heteroatoms. The number of carbonyl (C=O) groups excluding carboxylic acids is 2. The number of amides is 2. The molecule has 3 aromatic rings. The van der Waals surface area contributed by atoms with E-state index < -0.39 is 17.9 Å². The fourth-order valence-electron chi connectivity index (χ4n) is 3.12. The Kier molecular flexibility index (Phi) is 10.0. The first-order chi connectivity index (χ1) is 17.1. The molecule has 0 heterocycles. The van der Waals surface area contributed by atoms with Gasteiger partial charge in [0.15, 0.2) is 0 Å². The summed E-state index contributed by atoms with van der Waals surface area (Å²) >= 11 is 24.1. The molecule has 1 unspecified atom stereocenters. The van der Waals surface area contributed by atoms with Gasteiger partial charge < -0.3 is 10.1 Å². The van der Waals surface area contributed by atoms with Crippen LogP contribution in [0, 0.1) is 5.92 Å². The molecular weight excluding hydrogens is 544 g/mol. The van der Waals surface area contributed by atoms with E-state index in [4.69, 9.17) is 51.1 Å². The largest absolute Gasteiger partial charge is 0.489 e. The van der Waals surface area contributed by atoms with E-state index in [9.17, 15) is 9.59 Å². The van der Waals surface area contributed by atoms with Crippen molar-refractivity contribution in [3.8, 4) is 5.75 Å². The molecule has 188 valence electrons. The van der Waals surface area contributed by atoms with Crippen molar-refractivity contribution >= 4 is 64.4 Å². The average molecular weight is 567 g/mol. The summed E-state index contributed by atoms with van der Waals surface area (Å²) in [5, 5.41) is 8.41. The summed E-state index contributed by atoms with van der Waals surface area (Å²) in [5.74, 6) is -0.490. The van der Waals surface area contributed by atoms with Crippen LogP contribution in [-0.2, 0) is 11.4 Å². The maximum atomic E-state index is 12.7. The Bertz CT molecular complexity index is 1260. The molecule has 36 heavy (non-hydrogen) atoms. The molecule has 3 aromatic carbocycles. The van der Waals surface area contributed by atoms with Gasteiger partial charge in [0.1, 0.15) is 18.4 Å². The number of hydrazone groups is 1. The number of hydrogen-bond donors (Lipinski definition) is 2. The number of ether oxygens (including phenoxy) is 1. The molecule has 0 aromatic heterocycles. The van der Waals surface area contributed by atoms with Crippen LogP contribution >= 0.6 is 46.4 Å². The number of halogens is 4. The van der Waals surface area contributed by atoms with Crippen molar-refractivity contribution < 1.29 is 14.3 Å². The predicted molar refractivity (Wildman–Crippen MR) is 146 cm³/mol. The molecule has 1 atom stereocenters. The van der Waals surface area contributed by atoms with E-state index in [0.29, 0.717) is 27.4 Å². The zero-order valence-electron chi connectivity index (χ0n) is 19.4. The maximum Gasteiger partial charge on any atom is 0.262 e. The molecule has 0 radical (unpaired) electrons. The summed E-state index contributed by atoms with van der Waals surface area (Å²) < 4.78 is 5.76. The molecule has 0 saturated heterocycles. The van der Waals surface area contributed by atoms with Crippen molar-refractivity contribution in [1.29, 1.82) is 0 Å². The van der Waals surface area contributed by atoms with Gasteiger partial charge in [-0.2, -0.15) is 5.10 Å². The summed E-state index contributed by atoms with van der Waals surface area (Å²) in [5.41, 5.74) is 4.26. The van der Waals surface area contributed by atoms with Gasteiger partial charge in [0.2, 0.25) is 0 Å². The van der Waals surface area contributed by atoms with Crippen molar-refractivity contribution in [3.63, 3.8) is 0 Å². The van der Waals surface area contributed by atoms with Gasteiger partial charge in [0, 0.05) is 20.6 Å². The van der Waals surface area contributed by atoms with Gasteiger partial charge in [0.25, 0.3) is 11.8 Å². The summed E-state index contributed by atoms with van der Waals surface area (Å²) in [6.07, 6.45) is 1.49. The Morgan fingerprint density at radius 3 is 2.17 bits per heavy atom. The minimum atomic E-state index is -0.822. The Hall–Kier alpha value is -2.77. The predicted octanol–water partition coefficient (Wildman–Crippen LogP) is 6.78. The van der Waals surface area contributed by atoms with Gasteiger partial charge in [-0.3, -0.25) is 9.59 Å². The fourth-order valence-corrected chi connectivity index (χ4v) is 4.07. The molecule has 0 aliphatic rings. The SMILES string of the molecule is CC(C)C(NC(=O)c1ccc(Cl)cc1Cl)C(=O)NN=Cc1ccc(OCc2ccc(Cl)cc2Cl)cc1. The lowest BCUT2D eigenvalue weighted by Gasteiger charge is -2.20. The van der Waals surface area contributed by atoms with Gasteiger partial charge in [0.05, 0.1) is 16.8 Å². The molecule has 0 aliphatic heterocycles. The molecule has 0 fully saturated rings. The summed E-state index contributed by atoms with van der Waals surface area (Å²) in [4.78, 5) is 25.3. The van der Waals surface area contributed by atoms with E-state index in [1.54, 1.807) is 42.5 Å². The number of hydrogen-bond acceptors (Lipinski definition) is 4. The third kappa shape index (κ3) is 7.87. The molecule has 0 saturated carbocycles. The molecule has 2 N–H and O–H groups in total. The van der Waals surface area contributed by atoms with E-state index in [1.165, 1.54) is 18.3 Å². The van der Waals surface area contributed by atoms with E-state index in [-0.39, 0.29) is 16.5 Å². The Labute approximate surface area is 229 Å². The molecule has 0 bridgehead atoms. The normalized spacial score (nSPS) is 12.0. The Balaban J connectivity index is 1.55. The Morgan fingerprint density at radius 1 is 0.917 bits per heavy atom. The molecular formula is C26H23Cl4N3O3. The topological polar surface area (TPSA) is 79.8 Å². The zero-order valence-corrected chi connectivity index (χ0v) is 22.4. The summed E-state index contributed by atoms with van der Waals surface area (Å²) in [6, 6.07) is 16.1. The third-order valence-corrected chi connectivity index (χ3v) is 6.22. The standard InChI is InChI=1S/C26H23Cl4N3O3/c1-15(2)24(32-25(34)21-10-7-19(28)12-23(21)30)26(35)33-31-13-16-3-8-20(9-4-16)36-14-17-5-6-18(27)11-22(17)29/h3-13,15,24H,14H2,1-2H3,(H,32,34)(H,33,35). The first-order valence-electron chi connectivity index (χ1n) is 10.9. The van der Waals surface area contributed by atoms with Crippen LogP contribution in [0.15, 0.2) is 65.8 Å². The minimum Gasteiger partial charge on any atom is -0.489 e. The van der Waals surface area contributed by atoms with E-state index in [0.717, 1.165) is 11.1 Å². The van der Waals surface area contributed by atoms with E-state index >= 15 is 0 Å². The Morgan fingerprint density at radius 2 is 1.56 bits per heavy atom. The van der Waals surface area contributed by atoms with E-state index in [2.05, 4.69) is 15.8 Å². The van der Waals surface area contributed by atoms with Crippen LogP contribution in [0.5, 0.6) is 5.75 Å².